The summed E-state index contributed by atoms with van der Waals surface area (Å²) in [5.41, 5.74) is 2.19. The number of carbonyl (C=O) groups is 2. The maximum Gasteiger partial charge on any atom is 0.242 e. The molecule has 0 spiro atoms. The molecule has 1 N–H and O–H groups in total. The van der Waals surface area contributed by atoms with Crippen LogP contribution in [0, 0.1) is 6.92 Å². The number of carbonyl (C=O) groups excluding carboxylic acids is 2. The number of nitrogens with zero attached hydrogens (tertiary/aromatic N) is 1. The van der Waals surface area contributed by atoms with Crippen molar-refractivity contribution < 1.29 is 9.59 Å². The predicted octanol–water partition coefficient (Wildman–Crippen LogP) is 4.03. The molecule has 0 aliphatic heterocycles. The lowest BCUT2D eigenvalue weighted by Gasteiger charge is -2.30. The van der Waals surface area contributed by atoms with Crippen LogP contribution in [0.5, 0.6) is 0 Å². The van der Waals surface area contributed by atoms with Crippen molar-refractivity contribution in [1.82, 2.24) is 10.2 Å². The van der Waals surface area contributed by atoms with Gasteiger partial charge in [-0.3, -0.25) is 9.59 Å². The van der Waals surface area contributed by atoms with E-state index >= 15 is 0 Å². The number of rotatable bonds is 9. The molecule has 0 aliphatic carbocycles. The van der Waals surface area contributed by atoms with Gasteiger partial charge in [0.05, 0.1) is 0 Å². The Kier molecular flexibility index (Phi) is 8.40. The minimum Gasteiger partial charge on any atom is -0.357 e. The molecular weight excluding hydrogens is 356 g/mol. The predicted molar refractivity (Wildman–Crippen MR) is 112 cm³/mol. The van der Waals surface area contributed by atoms with E-state index in [1.54, 1.807) is 23.7 Å². The number of aryl methyl sites for hydroxylation is 1. The first-order valence-electron chi connectivity index (χ1n) is 9.29. The van der Waals surface area contributed by atoms with Crippen LogP contribution in [-0.2, 0) is 16.1 Å². The molecule has 0 saturated heterocycles. The van der Waals surface area contributed by atoms with Crippen molar-refractivity contribution in [3.63, 3.8) is 0 Å². The summed E-state index contributed by atoms with van der Waals surface area (Å²) in [4.78, 5) is 28.2. The van der Waals surface area contributed by atoms with E-state index in [4.69, 9.17) is 0 Å². The summed E-state index contributed by atoms with van der Waals surface area (Å²) in [5, 5.41) is 2.69. The van der Waals surface area contributed by atoms with Crippen LogP contribution in [0.4, 0.5) is 0 Å². The molecule has 0 aliphatic rings. The molecule has 144 valence electrons. The van der Waals surface area contributed by atoms with Gasteiger partial charge in [-0.15, -0.1) is 11.8 Å². The molecule has 4 nitrogen and oxygen atoms in total. The number of likely N-dealkylation sites (N-methyl/N-ethyl adjacent to an activating group) is 1. The summed E-state index contributed by atoms with van der Waals surface area (Å²) < 4.78 is 0. The lowest BCUT2D eigenvalue weighted by molar-refractivity contribution is -0.140. The second-order valence-electron chi connectivity index (χ2n) is 6.46. The molecule has 0 heterocycles. The van der Waals surface area contributed by atoms with Gasteiger partial charge in [-0.1, -0.05) is 55.0 Å². The maximum atomic E-state index is 13.0. The number of thioether (sulfide) groups is 1. The Balaban J connectivity index is 2.09. The molecule has 0 fully saturated rings. The van der Waals surface area contributed by atoms with Crippen molar-refractivity contribution in [3.05, 3.63) is 65.7 Å². The van der Waals surface area contributed by atoms with Crippen LogP contribution in [0.3, 0.4) is 0 Å². The van der Waals surface area contributed by atoms with E-state index in [1.807, 2.05) is 62.4 Å². The highest BCUT2D eigenvalue weighted by Crippen LogP contribution is 2.20. The lowest BCUT2D eigenvalue weighted by Crippen LogP contribution is -2.48. The van der Waals surface area contributed by atoms with Gasteiger partial charge in [0.15, 0.2) is 0 Å². The highest BCUT2D eigenvalue weighted by molar-refractivity contribution is 7.99. The topological polar surface area (TPSA) is 49.4 Å². The molecule has 5 heteroatoms. The van der Waals surface area contributed by atoms with Gasteiger partial charge in [0.1, 0.15) is 6.04 Å². The SMILES string of the molecule is CCC(C(=O)NC)N(Cc1cccc(C)c1)C(=O)CCSc1ccccc1. The van der Waals surface area contributed by atoms with Crippen molar-refractivity contribution in [2.24, 2.45) is 0 Å². The van der Waals surface area contributed by atoms with E-state index in [1.165, 1.54) is 0 Å². The normalized spacial score (nSPS) is 11.7. The Bertz CT molecular complexity index is 749. The quantitative estimate of drug-likeness (QED) is 0.664. The van der Waals surface area contributed by atoms with Crippen molar-refractivity contribution in [3.8, 4) is 0 Å². The highest BCUT2D eigenvalue weighted by Gasteiger charge is 2.27. The number of hydrogen-bond acceptors (Lipinski definition) is 3. The fourth-order valence-electron chi connectivity index (χ4n) is 3.01. The first-order valence-corrected chi connectivity index (χ1v) is 10.3. The maximum absolute atomic E-state index is 13.0. The summed E-state index contributed by atoms with van der Waals surface area (Å²) in [7, 11) is 1.62. The Labute approximate surface area is 166 Å². The number of benzene rings is 2. The van der Waals surface area contributed by atoms with E-state index < -0.39 is 6.04 Å². The third-order valence-electron chi connectivity index (χ3n) is 4.40. The van der Waals surface area contributed by atoms with Crippen LogP contribution in [0.15, 0.2) is 59.5 Å². The van der Waals surface area contributed by atoms with E-state index in [9.17, 15) is 9.59 Å². The molecule has 2 amide bonds. The molecule has 2 aromatic carbocycles. The van der Waals surface area contributed by atoms with Gasteiger partial charge in [-0.25, -0.2) is 0 Å². The van der Waals surface area contributed by atoms with E-state index in [0.29, 0.717) is 25.1 Å². The highest BCUT2D eigenvalue weighted by atomic mass is 32.2. The minimum absolute atomic E-state index is 0.00962. The Morgan fingerprint density at radius 3 is 2.48 bits per heavy atom. The van der Waals surface area contributed by atoms with Gasteiger partial charge >= 0.3 is 0 Å². The van der Waals surface area contributed by atoms with Crippen molar-refractivity contribution in [2.75, 3.05) is 12.8 Å². The zero-order chi connectivity index (χ0) is 19.6. The van der Waals surface area contributed by atoms with Gasteiger partial charge in [-0.2, -0.15) is 0 Å². The largest absolute Gasteiger partial charge is 0.357 e. The van der Waals surface area contributed by atoms with Crippen molar-refractivity contribution in [2.45, 2.75) is 44.2 Å². The van der Waals surface area contributed by atoms with Crippen LogP contribution in [0.2, 0.25) is 0 Å². The molecule has 0 saturated carbocycles. The van der Waals surface area contributed by atoms with Crippen LogP contribution >= 0.6 is 11.8 Å². The smallest absolute Gasteiger partial charge is 0.242 e. The number of amides is 2. The molecule has 2 rings (SSSR count). The van der Waals surface area contributed by atoms with E-state index in [-0.39, 0.29) is 11.8 Å². The number of hydrogen-bond donors (Lipinski definition) is 1. The minimum atomic E-state index is -0.454. The fourth-order valence-corrected chi connectivity index (χ4v) is 3.87. The zero-order valence-corrected chi connectivity index (χ0v) is 17.1. The second-order valence-corrected chi connectivity index (χ2v) is 7.63. The third kappa shape index (κ3) is 6.43. The second kappa shape index (κ2) is 10.8. The summed E-state index contributed by atoms with van der Waals surface area (Å²) in [6.45, 7) is 4.42. The van der Waals surface area contributed by atoms with Gasteiger partial charge < -0.3 is 10.2 Å². The molecule has 27 heavy (non-hydrogen) atoms. The van der Waals surface area contributed by atoms with Gasteiger partial charge in [-0.05, 0) is 31.0 Å². The van der Waals surface area contributed by atoms with Crippen LogP contribution < -0.4 is 5.32 Å². The average Bonchev–Trinajstić information content (AvgIpc) is 2.68. The van der Waals surface area contributed by atoms with Crippen molar-refractivity contribution >= 4 is 23.6 Å². The molecule has 1 unspecified atom stereocenters. The van der Waals surface area contributed by atoms with E-state index in [2.05, 4.69) is 11.4 Å². The Morgan fingerprint density at radius 1 is 1.11 bits per heavy atom. The van der Waals surface area contributed by atoms with Gasteiger partial charge in [0.2, 0.25) is 11.8 Å². The van der Waals surface area contributed by atoms with E-state index in [0.717, 1.165) is 16.0 Å². The van der Waals surface area contributed by atoms with Gasteiger partial charge in [0.25, 0.3) is 0 Å². The van der Waals surface area contributed by atoms with Gasteiger partial charge in [0, 0.05) is 30.7 Å². The Hall–Kier alpha value is -2.27. The Morgan fingerprint density at radius 2 is 1.85 bits per heavy atom. The number of nitrogens with one attached hydrogen (secondary N) is 1. The molecule has 0 radical (unpaired) electrons. The molecule has 0 bridgehead atoms. The molecular formula is C22H28N2O2S. The molecule has 1 atom stereocenters. The first kappa shape index (κ1) is 21.0. The summed E-state index contributed by atoms with van der Waals surface area (Å²) in [6.07, 6.45) is 0.988. The zero-order valence-electron chi connectivity index (χ0n) is 16.3. The lowest BCUT2D eigenvalue weighted by atomic mass is 10.1. The first-order chi connectivity index (χ1) is 13.0. The third-order valence-corrected chi connectivity index (χ3v) is 5.41. The van der Waals surface area contributed by atoms with Crippen molar-refractivity contribution in [1.29, 1.82) is 0 Å². The van der Waals surface area contributed by atoms with Crippen LogP contribution in [-0.4, -0.2) is 35.6 Å². The van der Waals surface area contributed by atoms with Crippen LogP contribution in [0.1, 0.15) is 30.9 Å². The standard InChI is InChI=1S/C22H28N2O2S/c1-4-20(22(26)23-3)24(16-18-10-8-9-17(2)15-18)21(25)13-14-27-19-11-6-5-7-12-19/h5-12,15,20H,4,13-14,16H2,1-3H3,(H,23,26). The summed E-state index contributed by atoms with van der Waals surface area (Å²) in [6, 6.07) is 17.7. The summed E-state index contributed by atoms with van der Waals surface area (Å²) in [5.74, 6) is 0.585. The monoisotopic (exact) mass is 384 g/mol. The van der Waals surface area contributed by atoms with Crippen LogP contribution in [0.25, 0.3) is 0 Å². The fraction of sp³-hybridized carbons (Fsp3) is 0.364. The average molecular weight is 385 g/mol. The summed E-state index contributed by atoms with van der Waals surface area (Å²) >= 11 is 1.66. The molecule has 0 aromatic heterocycles. The molecule has 2 aromatic rings.